The third-order valence-electron chi connectivity index (χ3n) is 2.31. The Morgan fingerprint density at radius 2 is 2.12 bits per heavy atom. The van der Waals surface area contributed by atoms with E-state index in [0.29, 0.717) is 30.0 Å². The summed E-state index contributed by atoms with van der Waals surface area (Å²) < 4.78 is 6.19. The molecule has 1 heterocycles. The van der Waals surface area contributed by atoms with Gasteiger partial charge in [0.05, 0.1) is 12.7 Å². The molecular weight excluding hydrogens is 239 g/mol. The second-order valence-electron chi connectivity index (χ2n) is 3.82. The van der Waals surface area contributed by atoms with Crippen molar-refractivity contribution in [2.75, 3.05) is 19.8 Å². The Hall–Kier alpha value is -0.900. The zero-order chi connectivity index (χ0) is 13.1. The van der Waals surface area contributed by atoms with E-state index in [0.717, 1.165) is 4.76 Å². The van der Waals surface area contributed by atoms with Gasteiger partial charge in [-0.2, -0.15) is 0 Å². The van der Waals surface area contributed by atoms with Crippen molar-refractivity contribution in [1.82, 2.24) is 4.98 Å². The molecule has 17 heavy (non-hydrogen) atoms. The van der Waals surface area contributed by atoms with E-state index in [-0.39, 0.29) is 0 Å². The molecule has 6 heteroatoms. The van der Waals surface area contributed by atoms with Gasteiger partial charge in [0.15, 0.2) is 6.54 Å². The van der Waals surface area contributed by atoms with Gasteiger partial charge in [-0.3, -0.25) is 0 Å². The number of hydrogen-bond donors (Lipinski definition) is 1. The highest BCUT2D eigenvalue weighted by atomic mass is 31.2. The Balaban J connectivity index is 3.17. The van der Waals surface area contributed by atoms with Crippen LogP contribution in [0.1, 0.15) is 19.5 Å². The van der Waals surface area contributed by atoms with E-state index in [4.69, 9.17) is 4.52 Å². The standard InChI is InChI=1S/C11H19N2O3P/c1-5-13(14)10-7-9(3)12-11(8-10)17(4,15)16-6-2/h7-8,15H,5-6H2,1-4H3/q+2. The Labute approximate surface area is 102 Å². The van der Waals surface area contributed by atoms with Gasteiger partial charge in [-0.1, -0.05) is 0 Å². The van der Waals surface area contributed by atoms with Crippen molar-refractivity contribution in [2.45, 2.75) is 20.8 Å². The van der Waals surface area contributed by atoms with Crippen molar-refractivity contribution in [1.29, 1.82) is 0 Å². The average Bonchev–Trinajstić information content (AvgIpc) is 2.27. The molecule has 94 valence electrons. The zero-order valence-electron chi connectivity index (χ0n) is 10.7. The predicted octanol–water partition coefficient (Wildman–Crippen LogP) is 1.95. The van der Waals surface area contributed by atoms with Crippen LogP contribution in [0.15, 0.2) is 12.1 Å². The Morgan fingerprint density at radius 1 is 1.47 bits per heavy atom. The molecular formula is C11H19N2O3P+2. The van der Waals surface area contributed by atoms with Crippen LogP contribution >= 0.6 is 7.72 Å². The highest BCUT2D eigenvalue weighted by Crippen LogP contribution is 2.49. The Kier molecular flexibility index (Phi) is 4.69. The van der Waals surface area contributed by atoms with Crippen LogP contribution in [0.25, 0.3) is 0 Å². The van der Waals surface area contributed by atoms with Crippen molar-refractivity contribution < 1.29 is 14.2 Å². The first kappa shape index (κ1) is 14.2. The summed E-state index contributed by atoms with van der Waals surface area (Å²) in [5.74, 6) is 0. The minimum Gasteiger partial charge on any atom is -0.214 e. The van der Waals surface area contributed by atoms with E-state index in [1.54, 1.807) is 32.6 Å². The van der Waals surface area contributed by atoms with Gasteiger partial charge in [-0.15, -0.1) is 0 Å². The Bertz CT molecular complexity index is 421. The molecule has 1 N–H and O–H groups in total. The minimum atomic E-state index is -2.68. The molecule has 1 aromatic heterocycles. The SMILES string of the molecule is CCO[P+](C)(O)c1cc([N+](=O)CC)cc(C)n1. The largest absolute Gasteiger partial charge is 0.319 e. The maximum Gasteiger partial charge on any atom is 0.319 e. The quantitative estimate of drug-likeness (QED) is 0.647. The smallest absolute Gasteiger partial charge is 0.214 e. The molecule has 0 amide bonds. The van der Waals surface area contributed by atoms with Gasteiger partial charge >= 0.3 is 7.72 Å². The second kappa shape index (κ2) is 5.63. The summed E-state index contributed by atoms with van der Waals surface area (Å²) >= 11 is 0. The van der Waals surface area contributed by atoms with Crippen LogP contribution in [-0.4, -0.2) is 34.5 Å². The van der Waals surface area contributed by atoms with Gasteiger partial charge in [0.25, 0.3) is 5.69 Å². The van der Waals surface area contributed by atoms with Gasteiger partial charge in [-0.05, 0) is 20.8 Å². The maximum atomic E-state index is 11.6. The van der Waals surface area contributed by atoms with Gasteiger partial charge in [0, 0.05) is 21.4 Å². The molecule has 0 aromatic carbocycles. The second-order valence-corrected chi connectivity index (χ2v) is 6.29. The number of nitroso groups, excluding NO2 is 1. The van der Waals surface area contributed by atoms with Crippen LogP contribution in [0.3, 0.4) is 0 Å². The summed E-state index contributed by atoms with van der Waals surface area (Å²) in [4.78, 5) is 26.0. The van der Waals surface area contributed by atoms with Crippen molar-refractivity contribution in [2.24, 2.45) is 0 Å². The number of rotatable bonds is 5. The topological polar surface area (TPSA) is 62.4 Å². The third-order valence-corrected chi connectivity index (χ3v) is 4.15. The first-order chi connectivity index (χ1) is 7.90. The van der Waals surface area contributed by atoms with Crippen molar-refractivity contribution in [3.63, 3.8) is 0 Å². The fraction of sp³-hybridized carbons (Fsp3) is 0.545. The van der Waals surface area contributed by atoms with Gasteiger partial charge in [0.2, 0.25) is 5.44 Å². The molecule has 0 saturated heterocycles. The summed E-state index contributed by atoms with van der Waals surface area (Å²) in [5, 5.41) is 0. The molecule has 0 radical (unpaired) electrons. The first-order valence-electron chi connectivity index (χ1n) is 5.58. The van der Waals surface area contributed by atoms with E-state index in [1.165, 1.54) is 0 Å². The number of hydrogen-bond acceptors (Lipinski definition) is 4. The van der Waals surface area contributed by atoms with E-state index in [2.05, 4.69) is 4.98 Å². The van der Waals surface area contributed by atoms with Crippen LogP contribution < -0.4 is 5.44 Å². The van der Waals surface area contributed by atoms with E-state index < -0.39 is 7.72 Å². The molecule has 1 unspecified atom stereocenters. The lowest BCUT2D eigenvalue weighted by molar-refractivity contribution is -0.458. The van der Waals surface area contributed by atoms with Crippen LogP contribution in [0.2, 0.25) is 0 Å². The van der Waals surface area contributed by atoms with Crippen LogP contribution in [0, 0.1) is 11.8 Å². The monoisotopic (exact) mass is 258 g/mol. The molecule has 1 atom stereocenters. The van der Waals surface area contributed by atoms with Crippen molar-refractivity contribution >= 4 is 18.8 Å². The molecule has 5 nitrogen and oxygen atoms in total. The highest BCUT2D eigenvalue weighted by Gasteiger charge is 2.38. The van der Waals surface area contributed by atoms with Crippen molar-refractivity contribution in [3.8, 4) is 0 Å². The molecule has 0 aliphatic rings. The first-order valence-corrected chi connectivity index (χ1v) is 7.69. The lowest BCUT2D eigenvalue weighted by Gasteiger charge is -2.11. The lowest BCUT2D eigenvalue weighted by Crippen LogP contribution is -2.18. The molecule has 0 saturated carbocycles. The summed E-state index contributed by atoms with van der Waals surface area (Å²) in [5.41, 5.74) is 1.67. The van der Waals surface area contributed by atoms with E-state index >= 15 is 0 Å². The molecule has 0 aliphatic heterocycles. The molecule has 0 spiro atoms. The summed E-state index contributed by atoms with van der Waals surface area (Å²) in [6.07, 6.45) is 0. The number of aryl methyl sites for hydroxylation is 1. The molecule has 1 aromatic rings. The molecule has 0 bridgehead atoms. The number of nitrogens with zero attached hydrogens (tertiary/aromatic N) is 2. The van der Waals surface area contributed by atoms with Crippen LogP contribution in [-0.2, 0) is 4.52 Å². The normalized spacial score (nSPS) is 14.4. The molecule has 0 fully saturated rings. The predicted molar refractivity (Wildman–Crippen MR) is 69.1 cm³/mol. The summed E-state index contributed by atoms with van der Waals surface area (Å²) in [6.45, 7) is 7.79. The third kappa shape index (κ3) is 3.53. The highest BCUT2D eigenvalue weighted by molar-refractivity contribution is 7.72. The van der Waals surface area contributed by atoms with E-state index in [9.17, 15) is 9.80 Å². The average molecular weight is 258 g/mol. The lowest BCUT2D eigenvalue weighted by atomic mass is 10.3. The van der Waals surface area contributed by atoms with E-state index in [1.807, 2.05) is 6.92 Å². The van der Waals surface area contributed by atoms with Crippen molar-refractivity contribution in [3.05, 3.63) is 22.7 Å². The maximum absolute atomic E-state index is 11.6. The molecule has 1 rings (SSSR count). The fourth-order valence-corrected chi connectivity index (χ4v) is 2.84. The minimum absolute atomic E-state index is 0.359. The Morgan fingerprint density at radius 3 is 2.65 bits per heavy atom. The number of aromatic nitrogens is 1. The molecule has 0 aliphatic carbocycles. The zero-order valence-corrected chi connectivity index (χ0v) is 11.6. The van der Waals surface area contributed by atoms with Gasteiger partial charge in [-0.25, -0.2) is 14.4 Å². The fourth-order valence-electron chi connectivity index (χ4n) is 1.49. The summed E-state index contributed by atoms with van der Waals surface area (Å²) in [6, 6.07) is 3.30. The van der Waals surface area contributed by atoms with Crippen LogP contribution in [0.5, 0.6) is 0 Å². The summed E-state index contributed by atoms with van der Waals surface area (Å²) in [7, 11) is -2.68. The number of pyridine rings is 1. The van der Waals surface area contributed by atoms with Gasteiger partial charge in [0.1, 0.15) is 6.66 Å². The van der Waals surface area contributed by atoms with Crippen LogP contribution in [0.4, 0.5) is 5.69 Å². The van der Waals surface area contributed by atoms with Gasteiger partial charge < -0.3 is 0 Å².